The van der Waals surface area contributed by atoms with Crippen LogP contribution in [-0.2, 0) is 0 Å². The number of carbonyl (C=O) groups excluding carboxylic acids is 4. The number of hydrogen-bond donors (Lipinski definition) is 5. The van der Waals surface area contributed by atoms with E-state index in [-0.39, 0.29) is 30.8 Å². The molecular weight excluding hydrogens is 917 g/mol. The van der Waals surface area contributed by atoms with E-state index in [0.717, 1.165) is 11.1 Å². The summed E-state index contributed by atoms with van der Waals surface area (Å²) in [5.41, 5.74) is 4.70. The number of anilines is 4. The Kier molecular flexibility index (Phi) is 12.0. The van der Waals surface area contributed by atoms with E-state index in [1.807, 2.05) is 19.9 Å². The van der Waals surface area contributed by atoms with Gasteiger partial charge in [0.05, 0.1) is 16.7 Å². The van der Waals surface area contributed by atoms with Gasteiger partial charge in [0.1, 0.15) is 53.8 Å². The zero-order valence-corrected chi connectivity index (χ0v) is 38.9. The minimum absolute atomic E-state index is 0.0831. The summed E-state index contributed by atoms with van der Waals surface area (Å²) < 4.78 is 35.0. The summed E-state index contributed by atoms with van der Waals surface area (Å²) in [7, 11) is 0. The van der Waals surface area contributed by atoms with E-state index >= 15 is 0 Å². The maximum absolute atomic E-state index is 13.5. The minimum Gasteiger partial charge on any atom is -0.491 e. The Bertz CT molecular complexity index is 3400. The van der Waals surface area contributed by atoms with Crippen molar-refractivity contribution >= 4 is 79.0 Å². The predicted octanol–water partition coefficient (Wildman–Crippen LogP) is 9.50. The van der Waals surface area contributed by atoms with Gasteiger partial charge in [-0.15, -0.1) is 11.3 Å². The molecule has 0 saturated carbocycles. The van der Waals surface area contributed by atoms with Crippen LogP contribution in [0.5, 0.6) is 28.7 Å². The van der Waals surface area contributed by atoms with Gasteiger partial charge in [-0.2, -0.15) is 0 Å². The molecule has 2 aliphatic rings. The van der Waals surface area contributed by atoms with Gasteiger partial charge in [0.25, 0.3) is 23.6 Å². The molecule has 8 aromatic rings. The molecule has 70 heavy (non-hydrogen) atoms. The number of benzene rings is 5. The summed E-state index contributed by atoms with van der Waals surface area (Å²) in [6.07, 6.45) is 0.960. The zero-order valence-electron chi connectivity index (χ0n) is 38.1. The van der Waals surface area contributed by atoms with E-state index in [2.05, 4.69) is 26.3 Å². The van der Waals surface area contributed by atoms with Gasteiger partial charge in [0.2, 0.25) is 0 Å². The highest BCUT2D eigenvalue weighted by molar-refractivity contribution is 7.20. The van der Waals surface area contributed by atoms with Crippen LogP contribution in [0.2, 0.25) is 0 Å². The molecule has 5 heterocycles. The van der Waals surface area contributed by atoms with Crippen LogP contribution in [0.25, 0.3) is 21.3 Å². The van der Waals surface area contributed by atoms with Crippen LogP contribution in [0.15, 0.2) is 114 Å². The molecule has 0 radical (unpaired) electrons. The van der Waals surface area contributed by atoms with Crippen LogP contribution in [-0.4, -0.2) is 70.7 Å². The standard InChI is InChI=1S/C52H44N6O11S/c1-27-5-9-32(21-35(27)57-49(61)44-20-31-17-34(11-14-39(31)68-44)67-26-52(3,4)63)54-48(60)30-8-13-41-43(19-30)66-25-45(69-41)38-24-53-51-37(56-38)23-46(70-51)50(62)58-36-22-33(10-6-28(36)2)55-47(59)29-7-12-40-42(18-29)65-16-15-64-40/h5-14,17-24,45,63H,15-16,25-26H2,1-4H3,(H,54,60)(H,55,59)(H,57,61)(H,58,62). The van der Waals surface area contributed by atoms with Gasteiger partial charge in [0, 0.05) is 39.3 Å². The molecule has 0 bridgehead atoms. The highest BCUT2D eigenvalue weighted by Gasteiger charge is 2.27. The van der Waals surface area contributed by atoms with Crippen molar-refractivity contribution < 1.29 is 52.4 Å². The van der Waals surface area contributed by atoms with Crippen molar-refractivity contribution in [2.24, 2.45) is 0 Å². The molecule has 2 aliphatic heterocycles. The Morgan fingerprint density at radius 1 is 0.700 bits per heavy atom. The highest BCUT2D eigenvalue weighted by atomic mass is 32.1. The topological polar surface area (TPSA) is 222 Å². The molecule has 3 aromatic heterocycles. The molecule has 17 nitrogen and oxygen atoms in total. The second-order valence-electron chi connectivity index (χ2n) is 17.3. The van der Waals surface area contributed by atoms with Crippen LogP contribution in [0.3, 0.4) is 0 Å². The second-order valence-corrected chi connectivity index (χ2v) is 18.4. The molecule has 18 heteroatoms. The number of rotatable bonds is 12. The first kappa shape index (κ1) is 45.3. The van der Waals surface area contributed by atoms with E-state index in [9.17, 15) is 24.3 Å². The van der Waals surface area contributed by atoms with Gasteiger partial charge in [-0.05, 0) is 130 Å². The lowest BCUT2D eigenvalue weighted by Crippen LogP contribution is -2.27. The Hall–Kier alpha value is -8.48. The van der Waals surface area contributed by atoms with Gasteiger partial charge in [-0.3, -0.25) is 19.2 Å². The number of aromatic nitrogens is 2. The largest absolute Gasteiger partial charge is 0.491 e. The quantitative estimate of drug-likeness (QED) is 0.0771. The molecule has 0 spiro atoms. The molecule has 5 N–H and O–H groups in total. The third-order valence-electron chi connectivity index (χ3n) is 11.3. The number of aryl methyl sites for hydroxylation is 2. The molecule has 1 unspecified atom stereocenters. The van der Waals surface area contributed by atoms with Crippen LogP contribution in [0.1, 0.15) is 77.7 Å². The number of carbonyl (C=O) groups is 4. The summed E-state index contributed by atoms with van der Waals surface area (Å²) >= 11 is 1.19. The van der Waals surface area contributed by atoms with Gasteiger partial charge >= 0.3 is 0 Å². The fraction of sp³-hybridized carbons (Fsp3) is 0.192. The average molecular weight is 961 g/mol. The Labute approximate surface area is 403 Å². The summed E-state index contributed by atoms with van der Waals surface area (Å²) in [6.45, 7) is 8.02. The minimum atomic E-state index is -1.01. The first-order valence-corrected chi connectivity index (χ1v) is 22.9. The lowest BCUT2D eigenvalue weighted by atomic mass is 10.1. The SMILES string of the molecule is Cc1ccc(NC(=O)c2ccc3c(c2)OCC(c2cnc4sc(C(=O)Nc5cc(NC(=O)c6ccc7c(c6)OCCO7)ccc5C)cc4n2)O3)cc1NC(=O)c1cc2cc(OCC(C)(C)O)ccc2o1. The number of fused-ring (bicyclic) bond motifs is 4. The van der Waals surface area contributed by atoms with Crippen molar-refractivity contribution in [1.82, 2.24) is 9.97 Å². The number of ether oxygens (including phenoxy) is 5. The summed E-state index contributed by atoms with van der Waals surface area (Å²) in [5.74, 6) is 0.895. The summed E-state index contributed by atoms with van der Waals surface area (Å²) in [4.78, 5) is 63.7. The van der Waals surface area contributed by atoms with E-state index in [0.29, 0.717) is 108 Å². The van der Waals surface area contributed by atoms with E-state index in [1.165, 1.54) is 11.3 Å². The number of hydrogen-bond acceptors (Lipinski definition) is 14. The van der Waals surface area contributed by atoms with Crippen molar-refractivity contribution in [3.8, 4) is 28.7 Å². The number of furan rings is 1. The molecule has 4 amide bonds. The lowest BCUT2D eigenvalue weighted by molar-refractivity contribution is 0.0285. The van der Waals surface area contributed by atoms with Crippen molar-refractivity contribution in [3.63, 3.8) is 0 Å². The first-order valence-electron chi connectivity index (χ1n) is 22.1. The highest BCUT2D eigenvalue weighted by Crippen LogP contribution is 2.38. The third kappa shape index (κ3) is 9.90. The Balaban J connectivity index is 0.754. The van der Waals surface area contributed by atoms with Gasteiger partial charge in [0.15, 0.2) is 34.9 Å². The van der Waals surface area contributed by atoms with Gasteiger partial charge in [-0.25, -0.2) is 9.97 Å². The van der Waals surface area contributed by atoms with Crippen molar-refractivity contribution in [1.29, 1.82) is 0 Å². The monoisotopic (exact) mass is 960 g/mol. The van der Waals surface area contributed by atoms with Crippen LogP contribution in [0.4, 0.5) is 22.7 Å². The fourth-order valence-corrected chi connectivity index (χ4v) is 8.41. The number of aliphatic hydroxyl groups is 1. The predicted molar refractivity (Wildman–Crippen MR) is 262 cm³/mol. The van der Waals surface area contributed by atoms with E-state index in [4.69, 9.17) is 33.1 Å². The number of thiophene rings is 1. The Morgan fingerprint density at radius 2 is 1.34 bits per heavy atom. The van der Waals surface area contributed by atoms with Crippen LogP contribution >= 0.6 is 11.3 Å². The maximum atomic E-state index is 13.5. The van der Waals surface area contributed by atoms with Crippen molar-refractivity contribution in [3.05, 3.63) is 148 Å². The molecule has 0 fully saturated rings. The number of amides is 4. The van der Waals surface area contributed by atoms with Gasteiger partial charge < -0.3 is 54.5 Å². The third-order valence-corrected chi connectivity index (χ3v) is 12.3. The average Bonchev–Trinajstić information content (AvgIpc) is 3.99. The number of nitrogens with zero attached hydrogens (tertiary/aromatic N) is 2. The smallest absolute Gasteiger partial charge is 0.291 e. The number of nitrogens with one attached hydrogen (secondary N) is 4. The molecule has 0 saturated heterocycles. The van der Waals surface area contributed by atoms with E-state index < -0.39 is 23.5 Å². The van der Waals surface area contributed by atoms with Crippen molar-refractivity contribution in [2.75, 3.05) is 47.7 Å². The molecule has 1 atom stereocenters. The molecular formula is C52H44N6O11S. The van der Waals surface area contributed by atoms with Crippen LogP contribution in [0, 0.1) is 13.8 Å². The van der Waals surface area contributed by atoms with Gasteiger partial charge in [-0.1, -0.05) is 12.1 Å². The molecule has 0 aliphatic carbocycles. The summed E-state index contributed by atoms with van der Waals surface area (Å²) in [6, 6.07) is 28.7. The molecule has 10 rings (SSSR count). The maximum Gasteiger partial charge on any atom is 0.291 e. The molecule has 354 valence electrons. The fourth-order valence-electron chi connectivity index (χ4n) is 7.57. The first-order chi connectivity index (χ1) is 33.7. The molecule has 5 aromatic carbocycles. The lowest BCUT2D eigenvalue weighted by Gasteiger charge is -2.26. The normalized spacial score (nSPS) is 13.9. The zero-order chi connectivity index (χ0) is 48.7. The Morgan fingerprint density at radius 3 is 2.03 bits per heavy atom. The van der Waals surface area contributed by atoms with Crippen LogP contribution < -0.4 is 45.0 Å². The second kappa shape index (κ2) is 18.5. The summed E-state index contributed by atoms with van der Waals surface area (Å²) in [5, 5.41) is 22.3. The van der Waals surface area contributed by atoms with Crippen molar-refractivity contribution in [2.45, 2.75) is 39.4 Å². The van der Waals surface area contributed by atoms with E-state index in [1.54, 1.807) is 117 Å².